The molecule has 0 aromatic heterocycles. The number of benzene rings is 1. The third-order valence-corrected chi connectivity index (χ3v) is 7.27. The minimum absolute atomic E-state index is 0.0473. The van der Waals surface area contributed by atoms with Crippen molar-refractivity contribution in [3.63, 3.8) is 0 Å². The molecule has 0 spiro atoms. The Morgan fingerprint density at radius 1 is 1.00 bits per heavy atom. The van der Waals surface area contributed by atoms with Crippen molar-refractivity contribution in [2.24, 2.45) is 17.8 Å². The number of fused-ring (bicyclic) bond motifs is 1. The molecule has 5 aliphatic rings. The molecule has 1 aromatic rings. The van der Waals surface area contributed by atoms with Gasteiger partial charge in [0.15, 0.2) is 0 Å². The Kier molecular flexibility index (Phi) is 4.45. The largest absolute Gasteiger partial charge is 0.481 e. The van der Waals surface area contributed by atoms with Gasteiger partial charge in [-0.1, -0.05) is 0 Å². The van der Waals surface area contributed by atoms with E-state index in [1.165, 1.54) is 31.4 Å². The van der Waals surface area contributed by atoms with Crippen molar-refractivity contribution < 1.29 is 29.0 Å². The fourth-order valence-corrected chi connectivity index (χ4v) is 6.42. The van der Waals surface area contributed by atoms with E-state index < -0.39 is 23.8 Å². The molecule has 0 unspecified atom stereocenters. The highest BCUT2D eigenvalue weighted by Crippen LogP contribution is 2.57. The molecule has 4 aliphatic carbocycles. The zero-order valence-corrected chi connectivity index (χ0v) is 16.8. The molecule has 7 nitrogen and oxygen atoms in total. The molecule has 1 aliphatic heterocycles. The van der Waals surface area contributed by atoms with Gasteiger partial charge in [-0.05, 0) is 80.9 Å². The first-order chi connectivity index (χ1) is 14.3. The fraction of sp³-hybridized carbons (Fsp3) is 0.565. The van der Waals surface area contributed by atoms with E-state index in [9.17, 15) is 19.2 Å². The van der Waals surface area contributed by atoms with Gasteiger partial charge in [-0.3, -0.25) is 19.3 Å². The van der Waals surface area contributed by atoms with Crippen LogP contribution in [0.15, 0.2) is 18.2 Å². The van der Waals surface area contributed by atoms with Crippen LogP contribution in [0.25, 0.3) is 0 Å². The monoisotopic (exact) mass is 411 g/mol. The Bertz CT molecular complexity index is 916. The molecular weight excluding hydrogens is 386 g/mol. The summed E-state index contributed by atoms with van der Waals surface area (Å²) in [5.74, 6) is -0.357. The lowest BCUT2D eigenvalue weighted by Gasteiger charge is -2.55. The number of carbonyl (C=O) groups is 4. The van der Waals surface area contributed by atoms with Crippen LogP contribution in [0.4, 0.5) is 0 Å². The zero-order valence-electron chi connectivity index (χ0n) is 16.8. The molecule has 4 fully saturated rings. The normalized spacial score (nSPS) is 31.2. The first-order valence-electron chi connectivity index (χ1n) is 10.8. The molecule has 7 heteroatoms. The number of carboxylic acid groups (broad SMARTS) is 1. The Morgan fingerprint density at radius 3 is 2.20 bits per heavy atom. The van der Waals surface area contributed by atoms with Crippen LogP contribution >= 0.6 is 0 Å². The van der Waals surface area contributed by atoms with Gasteiger partial charge in [0, 0.05) is 13.0 Å². The molecule has 1 heterocycles. The number of aliphatic carboxylic acids is 1. The molecule has 1 aromatic carbocycles. The van der Waals surface area contributed by atoms with Gasteiger partial charge in [0.2, 0.25) is 0 Å². The van der Waals surface area contributed by atoms with E-state index >= 15 is 0 Å². The molecule has 6 rings (SSSR count). The van der Waals surface area contributed by atoms with Crippen molar-refractivity contribution in [1.82, 2.24) is 4.90 Å². The number of esters is 1. The topological polar surface area (TPSA) is 101 Å². The summed E-state index contributed by atoms with van der Waals surface area (Å²) in [4.78, 5) is 49.9. The Balaban J connectivity index is 1.31. The molecule has 1 N–H and O–H groups in total. The van der Waals surface area contributed by atoms with E-state index in [-0.39, 0.29) is 41.7 Å². The summed E-state index contributed by atoms with van der Waals surface area (Å²) in [6.45, 7) is 0.0473. The lowest BCUT2D eigenvalue weighted by molar-refractivity contribution is -0.137. The van der Waals surface area contributed by atoms with Crippen LogP contribution in [0.1, 0.15) is 82.4 Å². The maximum absolute atomic E-state index is 12.9. The van der Waals surface area contributed by atoms with Gasteiger partial charge in [-0.2, -0.15) is 0 Å². The predicted octanol–water partition coefficient (Wildman–Crippen LogP) is 3.27. The summed E-state index contributed by atoms with van der Waals surface area (Å²) >= 11 is 0. The van der Waals surface area contributed by atoms with Crippen LogP contribution in [-0.2, 0) is 9.53 Å². The van der Waals surface area contributed by atoms with Crippen molar-refractivity contribution >= 4 is 23.8 Å². The lowest BCUT2D eigenvalue weighted by Crippen LogP contribution is -2.52. The second kappa shape index (κ2) is 6.93. The van der Waals surface area contributed by atoms with Crippen LogP contribution in [0, 0.1) is 17.8 Å². The second-order valence-electron chi connectivity index (χ2n) is 9.51. The van der Waals surface area contributed by atoms with Crippen LogP contribution in [0.3, 0.4) is 0 Å². The quantitative estimate of drug-likeness (QED) is 0.570. The van der Waals surface area contributed by atoms with E-state index in [0.717, 1.165) is 24.2 Å². The molecule has 158 valence electrons. The SMILES string of the molecule is O=C(O)CCCN1C(=O)c2ccc(C(=O)OC34CC5CC(CC(C5)C3)C4)cc2C1=O. The van der Waals surface area contributed by atoms with Crippen LogP contribution < -0.4 is 0 Å². The van der Waals surface area contributed by atoms with Crippen LogP contribution in [0.2, 0.25) is 0 Å². The number of imide groups is 1. The van der Waals surface area contributed by atoms with Crippen molar-refractivity contribution in [3.05, 3.63) is 34.9 Å². The van der Waals surface area contributed by atoms with Crippen molar-refractivity contribution in [3.8, 4) is 0 Å². The van der Waals surface area contributed by atoms with E-state index in [1.54, 1.807) is 6.07 Å². The number of nitrogens with zero attached hydrogens (tertiary/aromatic N) is 1. The molecule has 0 saturated heterocycles. The molecule has 0 radical (unpaired) electrons. The molecule has 0 atom stereocenters. The number of ether oxygens (including phenoxy) is 1. The van der Waals surface area contributed by atoms with Crippen molar-refractivity contribution in [2.75, 3.05) is 6.54 Å². The minimum atomic E-state index is -0.971. The van der Waals surface area contributed by atoms with Crippen molar-refractivity contribution in [2.45, 2.75) is 57.0 Å². The molecule has 30 heavy (non-hydrogen) atoms. The van der Waals surface area contributed by atoms with Gasteiger partial charge >= 0.3 is 11.9 Å². The summed E-state index contributed by atoms with van der Waals surface area (Å²) in [6, 6.07) is 4.51. The summed E-state index contributed by atoms with van der Waals surface area (Å²) in [7, 11) is 0. The highest BCUT2D eigenvalue weighted by atomic mass is 16.6. The summed E-state index contributed by atoms with van der Waals surface area (Å²) < 4.78 is 6.06. The minimum Gasteiger partial charge on any atom is -0.481 e. The molecule has 4 saturated carbocycles. The van der Waals surface area contributed by atoms with E-state index in [4.69, 9.17) is 9.84 Å². The average molecular weight is 411 g/mol. The maximum Gasteiger partial charge on any atom is 0.338 e. The van der Waals surface area contributed by atoms with Crippen molar-refractivity contribution in [1.29, 1.82) is 0 Å². The second-order valence-corrected chi connectivity index (χ2v) is 9.51. The summed E-state index contributed by atoms with van der Waals surface area (Å²) in [5, 5.41) is 8.77. The van der Waals surface area contributed by atoms with E-state index in [1.807, 2.05) is 0 Å². The zero-order chi connectivity index (χ0) is 21.0. The number of amides is 2. The van der Waals surface area contributed by atoms with Gasteiger partial charge in [0.1, 0.15) is 5.60 Å². The van der Waals surface area contributed by atoms with Gasteiger partial charge in [-0.25, -0.2) is 4.79 Å². The van der Waals surface area contributed by atoms with Crippen LogP contribution in [0.5, 0.6) is 0 Å². The van der Waals surface area contributed by atoms with E-state index in [0.29, 0.717) is 17.8 Å². The van der Waals surface area contributed by atoms with Crippen LogP contribution in [-0.4, -0.2) is 45.9 Å². The maximum atomic E-state index is 12.9. The first kappa shape index (κ1) is 19.3. The molecule has 2 amide bonds. The highest BCUT2D eigenvalue weighted by molar-refractivity contribution is 6.22. The smallest absolute Gasteiger partial charge is 0.338 e. The summed E-state index contributed by atoms with van der Waals surface area (Å²) in [5.41, 5.74) is 0.364. The average Bonchev–Trinajstić information content (AvgIpc) is 2.90. The van der Waals surface area contributed by atoms with Gasteiger partial charge in [-0.15, -0.1) is 0 Å². The molecule has 4 bridgehead atoms. The number of carbonyl (C=O) groups excluding carboxylic acids is 3. The Hall–Kier alpha value is -2.70. The Morgan fingerprint density at radius 2 is 1.60 bits per heavy atom. The lowest BCUT2D eigenvalue weighted by atomic mass is 9.54. The number of hydrogen-bond donors (Lipinski definition) is 1. The van der Waals surface area contributed by atoms with E-state index in [2.05, 4.69) is 0 Å². The third kappa shape index (κ3) is 3.20. The fourth-order valence-electron chi connectivity index (χ4n) is 6.42. The first-order valence-corrected chi connectivity index (χ1v) is 10.8. The standard InChI is InChI=1S/C23H25NO6/c25-19(26)2-1-5-24-20(27)17-4-3-16(9-18(17)21(24)28)22(29)30-23-10-13-6-14(11-23)8-15(7-13)12-23/h3-4,9,13-15H,1-2,5-8,10-12H2,(H,25,26). The summed E-state index contributed by atoms with van der Waals surface area (Å²) in [6.07, 6.45) is 6.65. The number of hydrogen-bond acceptors (Lipinski definition) is 5. The Labute approximate surface area is 174 Å². The number of carboxylic acids is 1. The predicted molar refractivity (Wildman–Crippen MR) is 105 cm³/mol. The highest BCUT2D eigenvalue weighted by Gasteiger charge is 2.53. The van der Waals surface area contributed by atoms with Gasteiger partial charge < -0.3 is 9.84 Å². The third-order valence-electron chi connectivity index (χ3n) is 7.27. The van der Waals surface area contributed by atoms with Gasteiger partial charge in [0.25, 0.3) is 11.8 Å². The number of rotatable bonds is 6. The molecular formula is C23H25NO6. The van der Waals surface area contributed by atoms with Gasteiger partial charge in [0.05, 0.1) is 16.7 Å².